The number of phenolic OH excluding ortho intramolecular Hbond substituents is 1. The van der Waals surface area contributed by atoms with E-state index in [0.29, 0.717) is 30.1 Å². The van der Waals surface area contributed by atoms with Gasteiger partial charge in [0.25, 0.3) is 0 Å². The SMILES string of the molecule is COc1cc2c(cc1O)C(=NOCc1ccncc1)C[C@@H]1[C@@H]2CC[C@]2(C)C(N=O)CC[C@@H]12. The monoisotopic (exact) mass is 435 g/mol. The summed E-state index contributed by atoms with van der Waals surface area (Å²) in [6.45, 7) is 2.60. The van der Waals surface area contributed by atoms with Crippen molar-refractivity contribution < 1.29 is 14.7 Å². The largest absolute Gasteiger partial charge is 0.504 e. The number of fused-ring (bicyclic) bond motifs is 5. The maximum atomic E-state index is 11.5. The van der Waals surface area contributed by atoms with Gasteiger partial charge in [0, 0.05) is 18.0 Å². The number of phenols is 1. The van der Waals surface area contributed by atoms with Crippen LogP contribution in [0.5, 0.6) is 11.5 Å². The van der Waals surface area contributed by atoms with E-state index in [1.165, 1.54) is 0 Å². The quantitative estimate of drug-likeness (QED) is 0.517. The molecule has 1 aromatic heterocycles. The number of oxime groups is 1. The lowest BCUT2D eigenvalue weighted by atomic mass is 9.55. The summed E-state index contributed by atoms with van der Waals surface area (Å²) in [5.41, 5.74) is 3.89. The number of nitrogens with zero attached hydrogens (tertiary/aromatic N) is 3. The highest BCUT2D eigenvalue weighted by Gasteiger charge is 2.56. The summed E-state index contributed by atoms with van der Waals surface area (Å²) in [4.78, 5) is 21.3. The molecule has 0 spiro atoms. The van der Waals surface area contributed by atoms with Gasteiger partial charge in [0.1, 0.15) is 6.61 Å². The first-order valence-corrected chi connectivity index (χ1v) is 11.4. The summed E-state index contributed by atoms with van der Waals surface area (Å²) in [6, 6.07) is 7.43. The van der Waals surface area contributed by atoms with Crippen LogP contribution in [-0.2, 0) is 11.4 Å². The minimum Gasteiger partial charge on any atom is -0.504 e. The molecule has 168 valence electrons. The van der Waals surface area contributed by atoms with Gasteiger partial charge >= 0.3 is 0 Å². The molecule has 5 atom stereocenters. The molecule has 1 unspecified atom stereocenters. The third-order valence-electron chi connectivity index (χ3n) is 8.16. The van der Waals surface area contributed by atoms with E-state index in [-0.39, 0.29) is 17.2 Å². The number of pyridine rings is 1. The normalized spacial score (nSPS) is 32.0. The van der Waals surface area contributed by atoms with Crippen molar-refractivity contribution in [1.29, 1.82) is 0 Å². The van der Waals surface area contributed by atoms with Crippen LogP contribution < -0.4 is 4.74 Å². The van der Waals surface area contributed by atoms with Crippen LogP contribution in [0.3, 0.4) is 0 Å². The van der Waals surface area contributed by atoms with Gasteiger partial charge in [-0.1, -0.05) is 17.3 Å². The molecular formula is C25H29N3O4. The molecule has 2 aromatic rings. The maximum absolute atomic E-state index is 11.5. The molecule has 2 saturated carbocycles. The molecule has 1 N–H and O–H groups in total. The molecule has 3 aliphatic rings. The third-order valence-corrected chi connectivity index (χ3v) is 8.16. The van der Waals surface area contributed by atoms with Crippen LogP contribution in [0.2, 0.25) is 0 Å². The van der Waals surface area contributed by atoms with E-state index in [1.54, 1.807) is 25.6 Å². The second-order valence-corrected chi connectivity index (χ2v) is 9.60. The lowest BCUT2D eigenvalue weighted by molar-refractivity contribution is 0.0591. The van der Waals surface area contributed by atoms with E-state index in [4.69, 9.17) is 9.57 Å². The summed E-state index contributed by atoms with van der Waals surface area (Å²) < 4.78 is 5.42. The lowest BCUT2D eigenvalue weighted by Crippen LogP contribution is -2.44. The Kier molecular flexibility index (Phi) is 5.35. The van der Waals surface area contributed by atoms with Crippen LogP contribution in [0.15, 0.2) is 47.0 Å². The average Bonchev–Trinajstić information content (AvgIpc) is 3.16. The number of rotatable bonds is 5. The van der Waals surface area contributed by atoms with Gasteiger partial charge in [-0.2, -0.15) is 4.91 Å². The molecule has 2 fully saturated rings. The lowest BCUT2D eigenvalue weighted by Gasteiger charge is -2.49. The van der Waals surface area contributed by atoms with Crippen LogP contribution in [0.4, 0.5) is 0 Å². The Hall–Kier alpha value is -2.96. The Labute approximate surface area is 187 Å². The minimum absolute atomic E-state index is 0.0512. The molecule has 32 heavy (non-hydrogen) atoms. The first-order chi connectivity index (χ1) is 15.5. The van der Waals surface area contributed by atoms with Crippen molar-refractivity contribution in [3.63, 3.8) is 0 Å². The standard InChI is InChI=1S/C25H29N3O4/c1-25-8-5-16-17-13-23(31-2)22(29)12-19(17)21(28-32-14-15-6-9-26-10-7-15)11-18(16)20(25)3-4-24(25)27-30/h6-7,9-10,12-13,16,18,20,24,29H,3-5,8,11,14H2,1-2H3/t16-,18-,20+,24?,25+/m1/s1. The zero-order valence-corrected chi connectivity index (χ0v) is 18.5. The molecule has 5 rings (SSSR count). The van der Waals surface area contributed by atoms with Crippen molar-refractivity contribution in [2.24, 2.45) is 27.6 Å². The number of methoxy groups -OCH3 is 1. The minimum atomic E-state index is -0.104. The van der Waals surface area contributed by atoms with Crippen molar-refractivity contribution in [3.05, 3.63) is 58.3 Å². The Balaban J connectivity index is 1.51. The van der Waals surface area contributed by atoms with Crippen LogP contribution in [0, 0.1) is 22.2 Å². The molecule has 0 aliphatic heterocycles. The summed E-state index contributed by atoms with van der Waals surface area (Å²) in [5.74, 6) is 1.72. The van der Waals surface area contributed by atoms with Gasteiger partial charge in [-0.25, -0.2) is 0 Å². The van der Waals surface area contributed by atoms with Gasteiger partial charge < -0.3 is 14.7 Å². The molecule has 0 saturated heterocycles. The van der Waals surface area contributed by atoms with E-state index >= 15 is 0 Å². The highest BCUT2D eigenvalue weighted by Crippen LogP contribution is 2.62. The highest BCUT2D eigenvalue weighted by atomic mass is 16.6. The number of benzene rings is 1. The first-order valence-electron chi connectivity index (χ1n) is 11.4. The van der Waals surface area contributed by atoms with Gasteiger partial charge in [-0.3, -0.25) is 4.98 Å². The molecule has 7 nitrogen and oxygen atoms in total. The van der Waals surface area contributed by atoms with Crippen molar-refractivity contribution in [3.8, 4) is 11.5 Å². The van der Waals surface area contributed by atoms with Crippen molar-refractivity contribution in [1.82, 2.24) is 4.98 Å². The molecule has 7 heteroatoms. The fourth-order valence-electron chi connectivity index (χ4n) is 6.49. The van der Waals surface area contributed by atoms with E-state index in [1.807, 2.05) is 18.2 Å². The third kappa shape index (κ3) is 3.34. The van der Waals surface area contributed by atoms with Crippen molar-refractivity contribution in [2.75, 3.05) is 7.11 Å². The number of ether oxygens (including phenoxy) is 1. The van der Waals surface area contributed by atoms with Crippen molar-refractivity contribution >= 4 is 5.71 Å². The van der Waals surface area contributed by atoms with Gasteiger partial charge in [0.15, 0.2) is 11.5 Å². The first kappa shape index (κ1) is 20.9. The zero-order valence-electron chi connectivity index (χ0n) is 18.5. The number of hydrogen-bond acceptors (Lipinski definition) is 7. The second-order valence-electron chi connectivity index (χ2n) is 9.60. The van der Waals surface area contributed by atoms with Crippen LogP contribution in [-0.4, -0.2) is 29.0 Å². The van der Waals surface area contributed by atoms with Gasteiger partial charge in [-0.15, -0.1) is 0 Å². The van der Waals surface area contributed by atoms with Gasteiger partial charge in [-0.05, 0) is 90.7 Å². The Morgan fingerprint density at radius 2 is 2.03 bits per heavy atom. The fourth-order valence-corrected chi connectivity index (χ4v) is 6.49. The predicted octanol–water partition coefficient (Wildman–Crippen LogP) is 5.17. The Morgan fingerprint density at radius 1 is 1.22 bits per heavy atom. The number of aromatic hydroxyl groups is 1. The molecule has 0 bridgehead atoms. The second kappa shape index (κ2) is 8.19. The summed E-state index contributed by atoms with van der Waals surface area (Å²) in [7, 11) is 1.57. The fraction of sp³-hybridized carbons (Fsp3) is 0.520. The van der Waals surface area contributed by atoms with Crippen LogP contribution in [0.25, 0.3) is 0 Å². The summed E-state index contributed by atoms with van der Waals surface area (Å²) in [5, 5.41) is 18.5. The molecule has 1 aromatic carbocycles. The molecule has 0 amide bonds. The molecular weight excluding hydrogens is 406 g/mol. The van der Waals surface area contributed by atoms with E-state index in [2.05, 4.69) is 22.2 Å². The zero-order chi connectivity index (χ0) is 22.3. The number of hydrogen-bond donors (Lipinski definition) is 1. The summed E-state index contributed by atoms with van der Waals surface area (Å²) in [6.07, 6.45) is 8.10. The predicted molar refractivity (Wildman–Crippen MR) is 121 cm³/mol. The number of nitroso groups, excluding NO2 is 1. The average molecular weight is 436 g/mol. The molecule has 0 radical (unpaired) electrons. The topological polar surface area (TPSA) is 93.4 Å². The van der Waals surface area contributed by atoms with Crippen LogP contribution >= 0.6 is 0 Å². The van der Waals surface area contributed by atoms with Crippen LogP contribution in [0.1, 0.15) is 61.6 Å². The smallest absolute Gasteiger partial charge is 0.160 e. The molecule has 3 aliphatic carbocycles. The van der Waals surface area contributed by atoms with E-state index in [9.17, 15) is 10.0 Å². The van der Waals surface area contributed by atoms with E-state index in [0.717, 1.165) is 54.5 Å². The van der Waals surface area contributed by atoms with E-state index < -0.39 is 0 Å². The van der Waals surface area contributed by atoms with Gasteiger partial charge in [0.2, 0.25) is 0 Å². The molecule has 1 heterocycles. The van der Waals surface area contributed by atoms with Gasteiger partial charge in [0.05, 0.1) is 18.9 Å². The summed E-state index contributed by atoms with van der Waals surface area (Å²) >= 11 is 0. The Bertz CT molecular complexity index is 1040. The highest BCUT2D eigenvalue weighted by molar-refractivity contribution is 6.03. The maximum Gasteiger partial charge on any atom is 0.160 e. The van der Waals surface area contributed by atoms with Crippen molar-refractivity contribution in [2.45, 2.75) is 57.6 Å². The number of aromatic nitrogens is 1. The Morgan fingerprint density at radius 3 is 2.78 bits per heavy atom.